The third kappa shape index (κ3) is 2.10. The molecule has 0 saturated heterocycles. The second-order valence-corrected chi connectivity index (χ2v) is 3.90. The van der Waals surface area contributed by atoms with Crippen molar-refractivity contribution in [3.8, 4) is 11.3 Å². The van der Waals surface area contributed by atoms with Crippen LogP contribution in [0.25, 0.3) is 11.3 Å². The monoisotopic (exact) mass is 253 g/mol. The summed E-state index contributed by atoms with van der Waals surface area (Å²) in [6.45, 7) is 0. The van der Waals surface area contributed by atoms with Gasteiger partial charge < -0.3 is 5.32 Å². The molecule has 2 aromatic rings. The Morgan fingerprint density at radius 1 is 1.19 bits per heavy atom. The Morgan fingerprint density at radius 2 is 2.00 bits per heavy atom. The molecule has 16 heavy (non-hydrogen) atoms. The molecule has 0 aliphatic carbocycles. The first kappa shape index (κ1) is 11.2. The molecule has 0 amide bonds. The van der Waals surface area contributed by atoms with Gasteiger partial charge in [0.05, 0.1) is 15.7 Å². The van der Waals surface area contributed by atoms with Gasteiger partial charge in [0.1, 0.15) is 0 Å². The molecule has 0 spiro atoms. The van der Waals surface area contributed by atoms with E-state index in [0.717, 1.165) is 11.3 Å². The van der Waals surface area contributed by atoms with Crippen LogP contribution >= 0.6 is 23.2 Å². The summed E-state index contributed by atoms with van der Waals surface area (Å²) in [7, 11) is 1.76. The minimum absolute atomic E-state index is 0.505. The summed E-state index contributed by atoms with van der Waals surface area (Å²) in [6.07, 6.45) is 1.67. The summed E-state index contributed by atoms with van der Waals surface area (Å²) in [6, 6.07) is 7.24. The van der Waals surface area contributed by atoms with Gasteiger partial charge in [0.25, 0.3) is 0 Å². The van der Waals surface area contributed by atoms with Gasteiger partial charge in [-0.3, -0.25) is 0 Å². The molecular formula is C11H9Cl2N3. The van der Waals surface area contributed by atoms with Gasteiger partial charge in [0.15, 0.2) is 0 Å². The highest BCUT2D eigenvalue weighted by molar-refractivity contribution is 6.43. The van der Waals surface area contributed by atoms with Crippen LogP contribution in [0, 0.1) is 0 Å². The molecule has 0 saturated carbocycles. The topological polar surface area (TPSA) is 37.8 Å². The van der Waals surface area contributed by atoms with Crippen molar-refractivity contribution in [2.24, 2.45) is 0 Å². The van der Waals surface area contributed by atoms with E-state index in [1.54, 1.807) is 25.4 Å². The van der Waals surface area contributed by atoms with Crippen molar-refractivity contribution in [3.63, 3.8) is 0 Å². The molecule has 0 aliphatic heterocycles. The second kappa shape index (κ2) is 4.68. The van der Waals surface area contributed by atoms with Gasteiger partial charge in [-0.25, -0.2) is 9.97 Å². The lowest BCUT2D eigenvalue weighted by Crippen LogP contribution is -1.96. The quantitative estimate of drug-likeness (QED) is 0.891. The van der Waals surface area contributed by atoms with Crippen molar-refractivity contribution in [2.75, 3.05) is 12.4 Å². The van der Waals surface area contributed by atoms with E-state index in [0.29, 0.717) is 16.0 Å². The minimum Gasteiger partial charge on any atom is -0.357 e. The lowest BCUT2D eigenvalue weighted by molar-refractivity contribution is 1.15. The van der Waals surface area contributed by atoms with Gasteiger partial charge >= 0.3 is 0 Å². The summed E-state index contributed by atoms with van der Waals surface area (Å²) in [5, 5.41) is 3.89. The van der Waals surface area contributed by atoms with E-state index in [1.165, 1.54) is 0 Å². The van der Waals surface area contributed by atoms with Crippen molar-refractivity contribution in [3.05, 3.63) is 40.5 Å². The van der Waals surface area contributed by atoms with E-state index in [1.807, 2.05) is 12.1 Å². The Kier molecular flexibility index (Phi) is 3.27. The normalized spacial score (nSPS) is 10.2. The van der Waals surface area contributed by atoms with Crippen LogP contribution in [-0.4, -0.2) is 17.0 Å². The molecule has 1 N–H and O–H groups in total. The number of hydrogen-bond acceptors (Lipinski definition) is 3. The molecule has 2 rings (SSSR count). The van der Waals surface area contributed by atoms with Gasteiger partial charge in [-0.1, -0.05) is 35.3 Å². The van der Waals surface area contributed by atoms with E-state index in [-0.39, 0.29) is 0 Å². The van der Waals surface area contributed by atoms with E-state index in [2.05, 4.69) is 15.3 Å². The lowest BCUT2D eigenvalue weighted by Gasteiger charge is -2.06. The highest BCUT2D eigenvalue weighted by Gasteiger charge is 2.08. The van der Waals surface area contributed by atoms with Crippen LogP contribution in [0.1, 0.15) is 0 Å². The first-order valence-corrected chi connectivity index (χ1v) is 5.43. The van der Waals surface area contributed by atoms with Gasteiger partial charge in [-0.2, -0.15) is 0 Å². The van der Waals surface area contributed by atoms with Crippen LogP contribution in [0.4, 0.5) is 5.95 Å². The number of rotatable bonds is 2. The fourth-order valence-corrected chi connectivity index (χ4v) is 1.73. The molecule has 5 heteroatoms. The third-order valence-corrected chi connectivity index (χ3v) is 2.93. The Hall–Kier alpha value is -1.32. The zero-order valence-corrected chi connectivity index (χ0v) is 10.0. The molecular weight excluding hydrogens is 245 g/mol. The fraction of sp³-hybridized carbons (Fsp3) is 0.0909. The highest BCUT2D eigenvalue weighted by atomic mass is 35.5. The number of aromatic nitrogens is 2. The SMILES string of the molecule is CNc1nccc(-c2cccc(Cl)c2Cl)n1. The largest absolute Gasteiger partial charge is 0.357 e. The van der Waals surface area contributed by atoms with E-state index in [9.17, 15) is 0 Å². The molecule has 82 valence electrons. The zero-order chi connectivity index (χ0) is 11.5. The second-order valence-electron chi connectivity index (χ2n) is 3.12. The van der Waals surface area contributed by atoms with Crippen molar-refractivity contribution >= 4 is 29.2 Å². The maximum absolute atomic E-state index is 6.11. The van der Waals surface area contributed by atoms with Crippen LogP contribution in [0.5, 0.6) is 0 Å². The average molecular weight is 254 g/mol. The maximum Gasteiger partial charge on any atom is 0.222 e. The number of benzene rings is 1. The molecule has 3 nitrogen and oxygen atoms in total. The van der Waals surface area contributed by atoms with Crippen LogP contribution < -0.4 is 5.32 Å². The van der Waals surface area contributed by atoms with Crippen LogP contribution in [0.15, 0.2) is 30.5 Å². The third-order valence-electron chi connectivity index (χ3n) is 2.11. The smallest absolute Gasteiger partial charge is 0.222 e. The molecule has 0 radical (unpaired) electrons. The van der Waals surface area contributed by atoms with Crippen LogP contribution in [0.2, 0.25) is 10.0 Å². The zero-order valence-electron chi connectivity index (χ0n) is 8.54. The number of nitrogens with zero attached hydrogens (tertiary/aromatic N) is 2. The van der Waals surface area contributed by atoms with Gasteiger partial charge in [-0.05, 0) is 12.1 Å². The molecule has 0 unspecified atom stereocenters. The molecule has 0 bridgehead atoms. The number of hydrogen-bond donors (Lipinski definition) is 1. The minimum atomic E-state index is 0.505. The molecule has 1 aromatic carbocycles. The van der Waals surface area contributed by atoms with Gasteiger partial charge in [0.2, 0.25) is 5.95 Å². The molecule has 1 aromatic heterocycles. The summed E-state index contributed by atoms with van der Waals surface area (Å²) >= 11 is 12.1. The standard InChI is InChI=1S/C11H9Cl2N3/c1-14-11-15-6-5-9(16-11)7-3-2-4-8(12)10(7)13/h2-6H,1H3,(H,14,15,16). The lowest BCUT2D eigenvalue weighted by atomic mass is 10.1. The van der Waals surface area contributed by atoms with E-state index in [4.69, 9.17) is 23.2 Å². The number of nitrogens with one attached hydrogen (secondary N) is 1. The van der Waals surface area contributed by atoms with Gasteiger partial charge in [-0.15, -0.1) is 0 Å². The van der Waals surface area contributed by atoms with Crippen LogP contribution in [0.3, 0.4) is 0 Å². The van der Waals surface area contributed by atoms with E-state index >= 15 is 0 Å². The van der Waals surface area contributed by atoms with Crippen molar-refractivity contribution in [2.45, 2.75) is 0 Å². The molecule has 0 fully saturated rings. The Bertz CT molecular complexity index is 514. The van der Waals surface area contributed by atoms with Crippen molar-refractivity contribution in [1.82, 2.24) is 9.97 Å². The summed E-state index contributed by atoms with van der Waals surface area (Å²) < 4.78 is 0. The predicted molar refractivity (Wildman–Crippen MR) is 67.0 cm³/mol. The first-order chi connectivity index (χ1) is 7.72. The Labute approximate surface area is 103 Å². The van der Waals surface area contributed by atoms with Crippen LogP contribution in [-0.2, 0) is 0 Å². The molecule has 1 heterocycles. The Balaban J connectivity index is 2.54. The maximum atomic E-state index is 6.11. The molecule has 0 aliphatic rings. The average Bonchev–Trinajstić information content (AvgIpc) is 2.33. The fourth-order valence-electron chi connectivity index (χ4n) is 1.33. The first-order valence-electron chi connectivity index (χ1n) is 4.67. The highest BCUT2D eigenvalue weighted by Crippen LogP contribution is 2.32. The molecule has 0 atom stereocenters. The number of halogens is 2. The predicted octanol–water partition coefficient (Wildman–Crippen LogP) is 3.49. The summed E-state index contributed by atoms with van der Waals surface area (Å²) in [5.74, 6) is 0.550. The Morgan fingerprint density at radius 3 is 2.75 bits per heavy atom. The van der Waals surface area contributed by atoms with Gasteiger partial charge in [0, 0.05) is 18.8 Å². The van der Waals surface area contributed by atoms with Crippen molar-refractivity contribution < 1.29 is 0 Å². The summed E-state index contributed by atoms with van der Waals surface area (Å²) in [5.41, 5.74) is 1.54. The number of anilines is 1. The summed E-state index contributed by atoms with van der Waals surface area (Å²) in [4.78, 5) is 8.34. The van der Waals surface area contributed by atoms with Crippen molar-refractivity contribution in [1.29, 1.82) is 0 Å². The van der Waals surface area contributed by atoms with E-state index < -0.39 is 0 Å².